The molecule has 2 nitrogen and oxygen atoms in total. The summed E-state index contributed by atoms with van der Waals surface area (Å²) in [7, 11) is 1.73. The number of hydrogen-bond acceptors (Lipinski definition) is 2. The lowest BCUT2D eigenvalue weighted by atomic mass is 9.76. The van der Waals surface area contributed by atoms with E-state index in [1.165, 1.54) is 0 Å². The molecule has 0 aromatic carbocycles. The lowest BCUT2D eigenvalue weighted by Gasteiger charge is -2.31. The molecule has 0 bridgehead atoms. The largest absolute Gasteiger partial charge is 0.384 e. The van der Waals surface area contributed by atoms with Gasteiger partial charge in [-0.3, -0.25) is 0 Å². The summed E-state index contributed by atoms with van der Waals surface area (Å²) in [5.74, 6) is 1.66. The van der Waals surface area contributed by atoms with Crippen LogP contribution in [0, 0.1) is 23.7 Å². The number of methoxy groups -OCH3 is 1. The third-order valence-corrected chi connectivity index (χ3v) is 3.13. The highest BCUT2D eigenvalue weighted by molar-refractivity contribution is 5.53. The second-order valence-corrected chi connectivity index (χ2v) is 4.43. The number of ether oxygens (including phenoxy) is 1. The van der Waals surface area contributed by atoms with Crippen molar-refractivity contribution in [1.29, 1.82) is 0 Å². The summed E-state index contributed by atoms with van der Waals surface area (Å²) in [5, 5.41) is 0. The molecule has 3 unspecified atom stereocenters. The van der Waals surface area contributed by atoms with Gasteiger partial charge in [0.2, 0.25) is 0 Å². The summed E-state index contributed by atoms with van der Waals surface area (Å²) in [4.78, 5) is 10.8. The highest BCUT2D eigenvalue weighted by Gasteiger charge is 2.27. The fraction of sp³-hybridized carbons (Fsp3) is 0.929. The van der Waals surface area contributed by atoms with Gasteiger partial charge in [-0.15, -0.1) is 0 Å². The standard InChI is InChI=1S/C12H24O2.C2H6/c1-6-11(10(4)7-13)12(8-14-5)9(2)3;1-2/h7,9-12H,6,8H2,1-5H3;1-2H3. The maximum Gasteiger partial charge on any atom is 0.123 e. The average molecular weight is 230 g/mol. The second kappa shape index (κ2) is 11.1. The van der Waals surface area contributed by atoms with E-state index >= 15 is 0 Å². The summed E-state index contributed by atoms with van der Waals surface area (Å²) >= 11 is 0. The van der Waals surface area contributed by atoms with Crippen LogP contribution in [0.1, 0.15) is 48.0 Å². The Balaban J connectivity index is 0. The van der Waals surface area contributed by atoms with Crippen LogP contribution in [0.3, 0.4) is 0 Å². The Hall–Kier alpha value is -0.370. The van der Waals surface area contributed by atoms with Crippen LogP contribution in [-0.4, -0.2) is 20.0 Å². The number of aldehydes is 1. The molecule has 0 aliphatic heterocycles. The molecule has 0 saturated carbocycles. The summed E-state index contributed by atoms with van der Waals surface area (Å²) in [6, 6.07) is 0. The summed E-state index contributed by atoms with van der Waals surface area (Å²) in [6.07, 6.45) is 2.12. The third kappa shape index (κ3) is 6.26. The van der Waals surface area contributed by atoms with E-state index in [-0.39, 0.29) is 5.92 Å². The van der Waals surface area contributed by atoms with E-state index in [1.54, 1.807) is 7.11 Å². The van der Waals surface area contributed by atoms with Gasteiger partial charge in [0.05, 0.1) is 0 Å². The molecule has 0 fully saturated rings. The Bertz CT molecular complexity index is 155. The van der Waals surface area contributed by atoms with Gasteiger partial charge in [0.25, 0.3) is 0 Å². The van der Waals surface area contributed by atoms with Gasteiger partial charge >= 0.3 is 0 Å². The van der Waals surface area contributed by atoms with E-state index in [9.17, 15) is 4.79 Å². The fourth-order valence-electron chi connectivity index (χ4n) is 2.17. The number of hydrogen-bond donors (Lipinski definition) is 0. The quantitative estimate of drug-likeness (QED) is 0.622. The van der Waals surface area contributed by atoms with Crippen LogP contribution in [0.4, 0.5) is 0 Å². The van der Waals surface area contributed by atoms with Gasteiger partial charge in [0.1, 0.15) is 6.29 Å². The minimum Gasteiger partial charge on any atom is -0.384 e. The topological polar surface area (TPSA) is 26.3 Å². The van der Waals surface area contributed by atoms with Crippen LogP contribution in [0.25, 0.3) is 0 Å². The van der Waals surface area contributed by atoms with Crippen molar-refractivity contribution in [3.05, 3.63) is 0 Å². The predicted octanol–water partition coefficient (Wildman–Crippen LogP) is 3.79. The number of carbonyl (C=O) groups excluding carboxylic acids is 1. The molecule has 2 heteroatoms. The van der Waals surface area contributed by atoms with Gasteiger partial charge in [-0.25, -0.2) is 0 Å². The fourth-order valence-corrected chi connectivity index (χ4v) is 2.17. The van der Waals surface area contributed by atoms with Crippen LogP contribution >= 0.6 is 0 Å². The van der Waals surface area contributed by atoms with Crippen molar-refractivity contribution in [3.8, 4) is 0 Å². The summed E-state index contributed by atoms with van der Waals surface area (Å²) < 4.78 is 5.23. The molecule has 0 aromatic heterocycles. The van der Waals surface area contributed by atoms with Gasteiger partial charge in [-0.1, -0.05) is 48.0 Å². The molecule has 0 heterocycles. The second-order valence-electron chi connectivity index (χ2n) is 4.43. The maximum absolute atomic E-state index is 10.8. The monoisotopic (exact) mass is 230 g/mol. The van der Waals surface area contributed by atoms with Crippen molar-refractivity contribution < 1.29 is 9.53 Å². The van der Waals surface area contributed by atoms with Crippen LogP contribution in [0.2, 0.25) is 0 Å². The van der Waals surface area contributed by atoms with Crippen molar-refractivity contribution in [1.82, 2.24) is 0 Å². The Morgan fingerprint density at radius 1 is 1.12 bits per heavy atom. The predicted molar refractivity (Wildman–Crippen MR) is 70.6 cm³/mol. The molecule has 0 aromatic rings. The molecule has 3 atom stereocenters. The van der Waals surface area contributed by atoms with Gasteiger partial charge in [0, 0.05) is 19.6 Å². The summed E-state index contributed by atoms with van der Waals surface area (Å²) in [6.45, 7) is 13.3. The molecular weight excluding hydrogens is 200 g/mol. The Morgan fingerprint density at radius 3 is 1.88 bits per heavy atom. The van der Waals surface area contributed by atoms with Gasteiger partial charge in [-0.2, -0.15) is 0 Å². The minimum absolute atomic E-state index is 0.141. The lowest BCUT2D eigenvalue weighted by molar-refractivity contribution is -0.113. The molecule has 0 N–H and O–H groups in total. The molecule has 16 heavy (non-hydrogen) atoms. The number of carbonyl (C=O) groups is 1. The van der Waals surface area contributed by atoms with E-state index in [4.69, 9.17) is 4.74 Å². The first-order valence-corrected chi connectivity index (χ1v) is 6.52. The Morgan fingerprint density at radius 2 is 1.62 bits per heavy atom. The smallest absolute Gasteiger partial charge is 0.123 e. The zero-order valence-corrected chi connectivity index (χ0v) is 12.1. The van der Waals surface area contributed by atoms with Crippen LogP contribution in [-0.2, 0) is 9.53 Å². The van der Waals surface area contributed by atoms with E-state index in [0.29, 0.717) is 17.8 Å². The SMILES string of the molecule is CC.CCC(C(C)C=O)C(COC)C(C)C. The zero-order chi connectivity index (χ0) is 13.1. The lowest BCUT2D eigenvalue weighted by Crippen LogP contribution is -2.29. The Labute approximate surface area is 102 Å². The van der Waals surface area contributed by atoms with Crippen molar-refractivity contribution >= 4 is 6.29 Å². The van der Waals surface area contributed by atoms with Crippen molar-refractivity contribution in [2.24, 2.45) is 23.7 Å². The zero-order valence-electron chi connectivity index (χ0n) is 12.1. The molecule has 0 radical (unpaired) electrons. The van der Waals surface area contributed by atoms with E-state index in [2.05, 4.69) is 20.8 Å². The van der Waals surface area contributed by atoms with Crippen LogP contribution in [0.15, 0.2) is 0 Å². The molecular formula is C14H30O2. The molecule has 0 rings (SSSR count). The molecule has 98 valence electrons. The molecule has 0 aliphatic rings. The van der Waals surface area contributed by atoms with Gasteiger partial charge < -0.3 is 9.53 Å². The van der Waals surface area contributed by atoms with Crippen LogP contribution < -0.4 is 0 Å². The minimum atomic E-state index is 0.141. The first-order valence-electron chi connectivity index (χ1n) is 6.52. The van der Waals surface area contributed by atoms with Crippen molar-refractivity contribution in [2.75, 3.05) is 13.7 Å². The van der Waals surface area contributed by atoms with E-state index in [1.807, 2.05) is 20.8 Å². The van der Waals surface area contributed by atoms with E-state index in [0.717, 1.165) is 19.3 Å². The Kier molecular flexibility index (Phi) is 12.5. The molecule has 0 amide bonds. The first-order chi connectivity index (χ1) is 7.58. The van der Waals surface area contributed by atoms with Gasteiger partial charge in [-0.05, 0) is 17.8 Å². The van der Waals surface area contributed by atoms with Gasteiger partial charge in [0.15, 0.2) is 0 Å². The summed E-state index contributed by atoms with van der Waals surface area (Å²) in [5.41, 5.74) is 0. The average Bonchev–Trinajstić information content (AvgIpc) is 2.30. The van der Waals surface area contributed by atoms with Crippen molar-refractivity contribution in [2.45, 2.75) is 48.0 Å². The third-order valence-electron chi connectivity index (χ3n) is 3.13. The maximum atomic E-state index is 10.8. The molecule has 0 saturated heterocycles. The van der Waals surface area contributed by atoms with Crippen LogP contribution in [0.5, 0.6) is 0 Å². The molecule has 0 spiro atoms. The highest BCUT2D eigenvalue weighted by Crippen LogP contribution is 2.29. The van der Waals surface area contributed by atoms with Crippen molar-refractivity contribution in [3.63, 3.8) is 0 Å². The molecule has 0 aliphatic carbocycles. The normalized spacial score (nSPS) is 16.0. The highest BCUT2D eigenvalue weighted by atomic mass is 16.5. The first kappa shape index (κ1) is 18.0. The van der Waals surface area contributed by atoms with E-state index < -0.39 is 0 Å². The number of rotatable bonds is 7.